The number of nitrogens with zero attached hydrogens (tertiary/aromatic N) is 2. The van der Waals surface area contributed by atoms with Crippen LogP contribution in [0.15, 0.2) is 71.1 Å². The van der Waals surface area contributed by atoms with Crippen molar-refractivity contribution >= 4 is 33.0 Å². The molecule has 4 aromatic rings. The maximum absolute atomic E-state index is 13.5. The summed E-state index contributed by atoms with van der Waals surface area (Å²) in [5.74, 6) is 0.454. The van der Waals surface area contributed by atoms with Crippen LogP contribution in [-0.4, -0.2) is 37.7 Å². The first-order valence-electron chi connectivity index (χ1n) is 12.5. The third-order valence-electron chi connectivity index (χ3n) is 6.92. The molecule has 2 aliphatic rings. The molecule has 1 aromatic heterocycles. The fraction of sp³-hybridized carbons (Fsp3) is 0.286. The minimum atomic E-state index is -3.75. The molecule has 1 N–H and O–H groups in total. The molecule has 0 spiro atoms. The Bertz CT molecular complexity index is 1560. The van der Waals surface area contributed by atoms with Gasteiger partial charge in [0.1, 0.15) is 18.2 Å². The highest BCUT2D eigenvalue weighted by Crippen LogP contribution is 2.40. The quantitative estimate of drug-likeness (QED) is 0.362. The van der Waals surface area contributed by atoms with Crippen molar-refractivity contribution in [3.8, 4) is 11.5 Å². The van der Waals surface area contributed by atoms with Crippen molar-refractivity contribution in [2.24, 2.45) is 0 Å². The minimum Gasteiger partial charge on any atom is -0.493 e. The predicted octanol–water partition coefficient (Wildman–Crippen LogP) is 3.96. The lowest BCUT2D eigenvalue weighted by Crippen LogP contribution is -2.52. The second-order valence-corrected chi connectivity index (χ2v) is 11.5. The molecule has 2 heterocycles. The van der Waals surface area contributed by atoms with Crippen LogP contribution in [-0.2, 0) is 34.4 Å². The highest BCUT2D eigenvalue weighted by molar-refractivity contribution is 7.90. The van der Waals surface area contributed by atoms with Crippen LogP contribution in [0.25, 0.3) is 11.1 Å². The fourth-order valence-electron chi connectivity index (χ4n) is 4.75. The van der Waals surface area contributed by atoms with Crippen LogP contribution in [0, 0.1) is 0 Å². The van der Waals surface area contributed by atoms with E-state index in [1.54, 1.807) is 18.1 Å². The summed E-state index contributed by atoms with van der Waals surface area (Å²) in [6.07, 6.45) is 1.29. The van der Waals surface area contributed by atoms with Crippen molar-refractivity contribution in [3.63, 3.8) is 0 Å². The second-order valence-electron chi connectivity index (χ2n) is 9.53. The van der Waals surface area contributed by atoms with Crippen molar-refractivity contribution in [2.75, 3.05) is 12.0 Å². The number of hydrogen-bond acceptors (Lipinski definition) is 8. The van der Waals surface area contributed by atoms with Crippen LogP contribution in [0.4, 0.5) is 6.01 Å². The van der Waals surface area contributed by atoms with Gasteiger partial charge < -0.3 is 18.8 Å². The van der Waals surface area contributed by atoms with Crippen LogP contribution >= 0.6 is 0 Å². The molecule has 3 aromatic carbocycles. The van der Waals surface area contributed by atoms with Crippen LogP contribution in [0.1, 0.15) is 29.5 Å². The van der Waals surface area contributed by atoms with E-state index in [-0.39, 0.29) is 19.0 Å². The van der Waals surface area contributed by atoms with Crippen molar-refractivity contribution < 1.29 is 27.1 Å². The number of sulfonamides is 1. The number of aromatic nitrogens is 1. The Kier molecular flexibility index (Phi) is 6.19. The molecular weight excluding hydrogens is 506 g/mol. The van der Waals surface area contributed by atoms with Gasteiger partial charge >= 0.3 is 0 Å². The number of benzene rings is 3. The van der Waals surface area contributed by atoms with Crippen LogP contribution in [0.3, 0.4) is 0 Å². The van der Waals surface area contributed by atoms with E-state index in [1.807, 2.05) is 60.7 Å². The number of hydrogen-bond donors (Lipinski definition) is 1. The number of oxazole rings is 1. The number of carbonyl (C=O) groups is 1. The van der Waals surface area contributed by atoms with Crippen molar-refractivity contribution in [1.29, 1.82) is 0 Å². The lowest BCUT2D eigenvalue weighted by molar-refractivity contribution is -0.120. The van der Waals surface area contributed by atoms with E-state index < -0.39 is 27.2 Å². The Morgan fingerprint density at radius 1 is 1.08 bits per heavy atom. The van der Waals surface area contributed by atoms with Gasteiger partial charge in [-0.15, -0.1) is 0 Å². The topological polar surface area (TPSA) is 111 Å². The predicted molar refractivity (Wildman–Crippen MR) is 142 cm³/mol. The van der Waals surface area contributed by atoms with Gasteiger partial charge in [0, 0.05) is 18.5 Å². The van der Waals surface area contributed by atoms with Gasteiger partial charge in [0.25, 0.3) is 11.9 Å². The molecule has 0 saturated heterocycles. The Labute approximate surface area is 220 Å². The SMILES string of the molecule is COc1ccc2c(c1OCc1ccccc1)CC(C(=O)NS(=O)(=O)C1CC1)N(c1nc3ccccc3o1)C2. The van der Waals surface area contributed by atoms with Crippen LogP contribution in [0.5, 0.6) is 11.5 Å². The molecule has 1 amide bonds. The molecule has 0 bridgehead atoms. The van der Waals surface area contributed by atoms with Gasteiger partial charge in [0.05, 0.1) is 12.4 Å². The summed E-state index contributed by atoms with van der Waals surface area (Å²) in [7, 11) is -2.18. The Balaban J connectivity index is 1.38. The summed E-state index contributed by atoms with van der Waals surface area (Å²) < 4.78 is 45.5. The van der Waals surface area contributed by atoms with E-state index in [9.17, 15) is 13.2 Å². The van der Waals surface area contributed by atoms with E-state index in [1.165, 1.54) is 0 Å². The maximum Gasteiger partial charge on any atom is 0.299 e. The van der Waals surface area contributed by atoms with E-state index >= 15 is 0 Å². The van der Waals surface area contributed by atoms with Crippen molar-refractivity contribution in [1.82, 2.24) is 9.71 Å². The number of anilines is 1. The fourth-order valence-corrected chi connectivity index (χ4v) is 6.09. The zero-order valence-electron chi connectivity index (χ0n) is 20.8. The van der Waals surface area contributed by atoms with Gasteiger partial charge in [-0.3, -0.25) is 9.52 Å². The number of amides is 1. The molecule has 1 aliphatic heterocycles. The molecule has 0 radical (unpaired) electrons. The zero-order chi connectivity index (χ0) is 26.3. The number of para-hydroxylation sites is 2. The Morgan fingerprint density at radius 3 is 2.58 bits per heavy atom. The van der Waals surface area contributed by atoms with Gasteiger partial charge in [-0.1, -0.05) is 48.5 Å². The standard InChI is InChI=1S/C28H27N3O6S/c1-35-25-14-11-19-16-31(28-29-22-9-5-6-10-24(22)37-28)23(27(32)30-38(33,34)20-12-13-20)15-21(19)26(25)36-17-18-7-3-2-4-8-18/h2-11,14,20,23H,12-13,15-17H2,1H3,(H,30,32). The molecule has 196 valence electrons. The second kappa shape index (κ2) is 9.68. The van der Waals surface area contributed by atoms with Gasteiger partial charge in [-0.2, -0.15) is 4.98 Å². The molecule has 9 nitrogen and oxygen atoms in total. The van der Waals surface area contributed by atoms with Crippen molar-refractivity contribution in [2.45, 2.75) is 43.7 Å². The van der Waals surface area contributed by atoms with Crippen molar-refractivity contribution in [3.05, 3.63) is 83.4 Å². The highest BCUT2D eigenvalue weighted by Gasteiger charge is 2.42. The number of nitrogens with one attached hydrogen (secondary N) is 1. The third-order valence-corrected chi connectivity index (χ3v) is 8.75. The van der Waals surface area contributed by atoms with E-state index in [2.05, 4.69) is 9.71 Å². The molecule has 1 aliphatic carbocycles. The summed E-state index contributed by atoms with van der Waals surface area (Å²) in [6, 6.07) is 20.2. The van der Waals surface area contributed by atoms with Crippen LogP contribution in [0.2, 0.25) is 0 Å². The van der Waals surface area contributed by atoms with E-state index in [0.29, 0.717) is 42.0 Å². The normalized spacial score (nSPS) is 17.2. The molecule has 1 fully saturated rings. The molecule has 1 saturated carbocycles. The summed E-state index contributed by atoms with van der Waals surface area (Å²) >= 11 is 0. The Morgan fingerprint density at radius 2 is 1.84 bits per heavy atom. The van der Waals surface area contributed by atoms with Gasteiger partial charge in [-0.05, 0) is 42.2 Å². The first kappa shape index (κ1) is 24.3. The van der Waals surface area contributed by atoms with Crippen LogP contribution < -0.4 is 19.1 Å². The first-order valence-corrected chi connectivity index (χ1v) is 14.0. The number of rotatable bonds is 8. The third kappa shape index (κ3) is 4.67. The molecule has 10 heteroatoms. The Hall–Kier alpha value is -4.05. The average Bonchev–Trinajstić information content (AvgIpc) is 3.71. The van der Waals surface area contributed by atoms with E-state index in [4.69, 9.17) is 13.9 Å². The molecular formula is C28H27N3O6S. The van der Waals surface area contributed by atoms with Gasteiger partial charge in [-0.25, -0.2) is 8.42 Å². The number of fused-ring (bicyclic) bond motifs is 2. The smallest absolute Gasteiger partial charge is 0.299 e. The van der Waals surface area contributed by atoms with Gasteiger partial charge in [0.15, 0.2) is 17.1 Å². The summed E-state index contributed by atoms with van der Waals surface area (Å²) in [6.45, 7) is 0.588. The van der Waals surface area contributed by atoms with Gasteiger partial charge in [0.2, 0.25) is 10.0 Å². The summed E-state index contributed by atoms with van der Waals surface area (Å²) in [5.41, 5.74) is 3.92. The summed E-state index contributed by atoms with van der Waals surface area (Å²) in [5, 5.41) is -0.523. The lowest BCUT2D eigenvalue weighted by Gasteiger charge is -2.35. The highest BCUT2D eigenvalue weighted by atomic mass is 32.2. The minimum absolute atomic E-state index is 0.182. The monoisotopic (exact) mass is 533 g/mol. The summed E-state index contributed by atoms with van der Waals surface area (Å²) in [4.78, 5) is 19.8. The first-order chi connectivity index (χ1) is 18.4. The molecule has 1 atom stereocenters. The largest absolute Gasteiger partial charge is 0.493 e. The number of ether oxygens (including phenoxy) is 2. The molecule has 1 unspecified atom stereocenters. The zero-order valence-corrected chi connectivity index (χ0v) is 21.6. The lowest BCUT2D eigenvalue weighted by atomic mass is 9.92. The maximum atomic E-state index is 13.5. The molecule has 6 rings (SSSR count). The average molecular weight is 534 g/mol. The molecule has 38 heavy (non-hydrogen) atoms. The number of methoxy groups -OCH3 is 1. The number of carbonyl (C=O) groups excluding carboxylic acids is 1. The van der Waals surface area contributed by atoms with E-state index in [0.717, 1.165) is 16.7 Å².